The largest absolute Gasteiger partial charge is 0.378 e. The first-order valence-electron chi connectivity index (χ1n) is 5.21. The first kappa shape index (κ1) is 11.3. The Balaban J connectivity index is 2.77. The van der Waals surface area contributed by atoms with Crippen molar-refractivity contribution in [3.05, 3.63) is 11.6 Å². The average molecular weight is 193 g/mol. The van der Waals surface area contributed by atoms with Gasteiger partial charge in [0.05, 0.1) is 6.07 Å². The first-order valence-corrected chi connectivity index (χ1v) is 5.21. The molecule has 2 atom stereocenters. The third kappa shape index (κ3) is 2.36. The van der Waals surface area contributed by atoms with Gasteiger partial charge in [-0.25, -0.2) is 0 Å². The first-order chi connectivity index (χ1) is 6.47. The molecule has 1 N–H and O–H groups in total. The second-order valence-corrected chi connectivity index (χ2v) is 4.91. The molecule has 0 bridgehead atoms. The predicted molar refractivity (Wildman–Crippen MR) is 56.5 cm³/mol. The van der Waals surface area contributed by atoms with Gasteiger partial charge < -0.3 is 5.11 Å². The van der Waals surface area contributed by atoms with Crippen molar-refractivity contribution in [1.29, 1.82) is 5.26 Å². The lowest BCUT2D eigenvalue weighted by molar-refractivity contribution is 0.134. The van der Waals surface area contributed by atoms with Gasteiger partial charge in [-0.05, 0) is 37.5 Å². The number of hydrogen-bond acceptors (Lipinski definition) is 2. The number of nitrogens with zero attached hydrogens (tertiary/aromatic N) is 1. The standard InChI is InChI=1S/C12H19NO/c1-9-5-4-6-12(2,3)11(9)7-10(14)8-13/h5,10-11,14H,4,6-7H2,1-3H3. The van der Waals surface area contributed by atoms with Crippen molar-refractivity contribution in [2.45, 2.75) is 46.1 Å². The lowest BCUT2D eigenvalue weighted by Gasteiger charge is -2.38. The fourth-order valence-corrected chi connectivity index (χ4v) is 2.39. The van der Waals surface area contributed by atoms with Gasteiger partial charge in [-0.2, -0.15) is 5.26 Å². The van der Waals surface area contributed by atoms with Crippen molar-refractivity contribution < 1.29 is 5.11 Å². The van der Waals surface area contributed by atoms with Gasteiger partial charge in [-0.1, -0.05) is 25.5 Å². The summed E-state index contributed by atoms with van der Waals surface area (Å²) < 4.78 is 0. The summed E-state index contributed by atoms with van der Waals surface area (Å²) in [5.74, 6) is 0.353. The Hall–Kier alpha value is -0.810. The second-order valence-electron chi connectivity index (χ2n) is 4.91. The number of aliphatic hydroxyl groups excluding tert-OH is 1. The molecule has 1 aliphatic rings. The van der Waals surface area contributed by atoms with Crippen LogP contribution in [0.3, 0.4) is 0 Å². The van der Waals surface area contributed by atoms with Crippen LogP contribution in [-0.4, -0.2) is 11.2 Å². The molecular weight excluding hydrogens is 174 g/mol. The fourth-order valence-electron chi connectivity index (χ4n) is 2.39. The fraction of sp³-hybridized carbons (Fsp3) is 0.750. The summed E-state index contributed by atoms with van der Waals surface area (Å²) in [7, 11) is 0. The summed E-state index contributed by atoms with van der Waals surface area (Å²) in [5.41, 5.74) is 1.55. The summed E-state index contributed by atoms with van der Waals surface area (Å²) in [6.45, 7) is 6.55. The lowest BCUT2D eigenvalue weighted by atomic mass is 9.67. The molecule has 1 rings (SSSR count). The Morgan fingerprint density at radius 3 is 2.86 bits per heavy atom. The van der Waals surface area contributed by atoms with Crippen molar-refractivity contribution in [1.82, 2.24) is 0 Å². The summed E-state index contributed by atoms with van der Waals surface area (Å²) in [6, 6.07) is 1.90. The highest BCUT2D eigenvalue weighted by molar-refractivity contribution is 5.13. The third-order valence-electron chi connectivity index (χ3n) is 3.36. The zero-order valence-electron chi connectivity index (χ0n) is 9.25. The Morgan fingerprint density at radius 1 is 1.71 bits per heavy atom. The molecule has 0 aromatic heterocycles. The Kier molecular flexibility index (Phi) is 3.34. The van der Waals surface area contributed by atoms with Crippen molar-refractivity contribution in [3.63, 3.8) is 0 Å². The van der Waals surface area contributed by atoms with E-state index in [1.165, 1.54) is 5.57 Å². The van der Waals surface area contributed by atoms with E-state index in [1.54, 1.807) is 0 Å². The van der Waals surface area contributed by atoms with Crippen molar-refractivity contribution in [3.8, 4) is 6.07 Å². The maximum atomic E-state index is 9.37. The van der Waals surface area contributed by atoms with Gasteiger partial charge >= 0.3 is 0 Å². The van der Waals surface area contributed by atoms with Gasteiger partial charge in [0.2, 0.25) is 0 Å². The van der Waals surface area contributed by atoms with E-state index >= 15 is 0 Å². The molecule has 0 aliphatic heterocycles. The molecule has 0 saturated heterocycles. The van der Waals surface area contributed by atoms with Gasteiger partial charge in [0, 0.05) is 0 Å². The summed E-state index contributed by atoms with van der Waals surface area (Å²) >= 11 is 0. The molecule has 0 aromatic carbocycles. The molecule has 0 saturated carbocycles. The molecule has 0 amide bonds. The molecule has 2 heteroatoms. The topological polar surface area (TPSA) is 44.0 Å². The van der Waals surface area contributed by atoms with Crippen LogP contribution < -0.4 is 0 Å². The van der Waals surface area contributed by atoms with E-state index in [-0.39, 0.29) is 5.41 Å². The Labute approximate surface area is 86.2 Å². The quantitative estimate of drug-likeness (QED) is 0.541. The summed E-state index contributed by atoms with van der Waals surface area (Å²) in [6.07, 6.45) is 4.26. The number of rotatable bonds is 2. The number of nitriles is 1. The highest BCUT2D eigenvalue weighted by atomic mass is 16.3. The summed E-state index contributed by atoms with van der Waals surface area (Å²) in [4.78, 5) is 0. The Morgan fingerprint density at radius 2 is 2.36 bits per heavy atom. The van der Waals surface area contributed by atoms with Crippen LogP contribution in [0.5, 0.6) is 0 Å². The molecule has 2 nitrogen and oxygen atoms in total. The molecular formula is C12H19NO. The minimum absolute atomic E-state index is 0.219. The van der Waals surface area contributed by atoms with Crippen LogP contribution in [0.25, 0.3) is 0 Å². The molecule has 0 radical (unpaired) electrons. The second kappa shape index (κ2) is 4.14. The van der Waals surface area contributed by atoms with E-state index in [0.29, 0.717) is 12.3 Å². The van der Waals surface area contributed by atoms with Crippen LogP contribution in [0.1, 0.15) is 40.0 Å². The van der Waals surface area contributed by atoms with Crippen LogP contribution in [0.15, 0.2) is 11.6 Å². The van der Waals surface area contributed by atoms with E-state index in [4.69, 9.17) is 5.26 Å². The predicted octanol–water partition coefficient (Wildman–Crippen LogP) is 2.64. The molecule has 2 unspecified atom stereocenters. The van der Waals surface area contributed by atoms with Gasteiger partial charge in [0.1, 0.15) is 6.10 Å². The monoisotopic (exact) mass is 193 g/mol. The van der Waals surface area contributed by atoms with Gasteiger partial charge in [0.25, 0.3) is 0 Å². The number of aliphatic hydroxyl groups is 1. The zero-order valence-corrected chi connectivity index (χ0v) is 9.25. The van der Waals surface area contributed by atoms with Crippen molar-refractivity contribution in [2.75, 3.05) is 0 Å². The molecule has 1 aliphatic carbocycles. The summed E-state index contributed by atoms with van der Waals surface area (Å²) in [5, 5.41) is 18.0. The van der Waals surface area contributed by atoms with E-state index < -0.39 is 6.10 Å². The van der Waals surface area contributed by atoms with E-state index in [2.05, 4.69) is 26.8 Å². The zero-order chi connectivity index (χ0) is 10.8. The molecule has 0 spiro atoms. The molecule has 0 heterocycles. The van der Waals surface area contributed by atoms with Crippen LogP contribution >= 0.6 is 0 Å². The van der Waals surface area contributed by atoms with E-state index in [9.17, 15) is 5.11 Å². The van der Waals surface area contributed by atoms with Crippen molar-refractivity contribution in [2.24, 2.45) is 11.3 Å². The maximum Gasteiger partial charge on any atom is 0.141 e. The SMILES string of the molecule is CC1=CCCC(C)(C)C1CC(O)C#N. The average Bonchev–Trinajstić information content (AvgIpc) is 2.11. The lowest BCUT2D eigenvalue weighted by Crippen LogP contribution is -2.30. The number of hydrogen-bond donors (Lipinski definition) is 1. The van der Waals surface area contributed by atoms with Crippen LogP contribution in [-0.2, 0) is 0 Å². The molecule has 14 heavy (non-hydrogen) atoms. The van der Waals surface area contributed by atoms with Gasteiger partial charge in [-0.15, -0.1) is 0 Å². The minimum Gasteiger partial charge on any atom is -0.378 e. The van der Waals surface area contributed by atoms with E-state index in [1.807, 2.05) is 6.07 Å². The van der Waals surface area contributed by atoms with Crippen LogP contribution in [0.2, 0.25) is 0 Å². The van der Waals surface area contributed by atoms with Gasteiger partial charge in [-0.3, -0.25) is 0 Å². The molecule has 0 fully saturated rings. The molecule has 78 valence electrons. The van der Waals surface area contributed by atoms with E-state index in [0.717, 1.165) is 12.8 Å². The smallest absolute Gasteiger partial charge is 0.141 e. The van der Waals surface area contributed by atoms with Crippen molar-refractivity contribution >= 4 is 0 Å². The minimum atomic E-state index is -0.819. The van der Waals surface area contributed by atoms with Crippen LogP contribution in [0.4, 0.5) is 0 Å². The molecule has 0 aromatic rings. The highest BCUT2D eigenvalue weighted by Gasteiger charge is 2.33. The third-order valence-corrected chi connectivity index (χ3v) is 3.36. The normalized spacial score (nSPS) is 27.6. The van der Waals surface area contributed by atoms with Gasteiger partial charge in [0.15, 0.2) is 0 Å². The maximum absolute atomic E-state index is 9.37. The van der Waals surface area contributed by atoms with Crippen LogP contribution in [0, 0.1) is 22.7 Å². The Bertz CT molecular complexity index is 273. The number of allylic oxidation sites excluding steroid dienone is 2. The highest BCUT2D eigenvalue weighted by Crippen LogP contribution is 2.43.